The minimum atomic E-state index is -0.0400. The van der Waals surface area contributed by atoms with E-state index in [0.717, 1.165) is 49.5 Å². The Morgan fingerprint density at radius 2 is 1.87 bits per heavy atom. The van der Waals surface area contributed by atoms with Gasteiger partial charge >= 0.3 is 0 Å². The van der Waals surface area contributed by atoms with Crippen molar-refractivity contribution in [1.82, 2.24) is 10.2 Å². The number of hydrogen-bond acceptors (Lipinski definition) is 4. The third-order valence-electron chi connectivity index (χ3n) is 5.79. The first-order valence-corrected chi connectivity index (χ1v) is 10.9. The normalized spacial score (nSPS) is 16.1. The van der Waals surface area contributed by atoms with E-state index in [0.29, 0.717) is 11.5 Å². The lowest BCUT2D eigenvalue weighted by atomic mass is 9.94. The molecule has 3 rings (SSSR count). The van der Waals surface area contributed by atoms with Crippen molar-refractivity contribution in [2.24, 2.45) is 5.92 Å². The molecule has 0 unspecified atom stereocenters. The van der Waals surface area contributed by atoms with E-state index in [-0.39, 0.29) is 17.9 Å². The molecule has 0 aromatic heterocycles. The summed E-state index contributed by atoms with van der Waals surface area (Å²) < 4.78 is 10.7. The van der Waals surface area contributed by atoms with Gasteiger partial charge in [0, 0.05) is 17.5 Å². The van der Waals surface area contributed by atoms with Crippen molar-refractivity contribution in [2.75, 3.05) is 27.3 Å². The molecular weight excluding hydrogens is 400 g/mol. The maximum Gasteiger partial charge on any atom is 0.223 e. The summed E-state index contributed by atoms with van der Waals surface area (Å²) >= 11 is 6.09. The number of benzene rings is 2. The second-order valence-electron chi connectivity index (χ2n) is 7.76. The van der Waals surface area contributed by atoms with E-state index in [2.05, 4.69) is 23.2 Å². The van der Waals surface area contributed by atoms with E-state index < -0.39 is 0 Å². The van der Waals surface area contributed by atoms with Crippen molar-refractivity contribution < 1.29 is 14.3 Å². The molecule has 0 spiro atoms. The highest BCUT2D eigenvalue weighted by Gasteiger charge is 2.27. The number of carbonyl (C=O) groups excluding carboxylic acids is 1. The molecule has 0 bridgehead atoms. The Bertz CT molecular complexity index is 850. The van der Waals surface area contributed by atoms with Crippen LogP contribution >= 0.6 is 11.6 Å². The van der Waals surface area contributed by atoms with Crippen molar-refractivity contribution >= 4 is 17.5 Å². The van der Waals surface area contributed by atoms with E-state index in [1.54, 1.807) is 14.2 Å². The topological polar surface area (TPSA) is 50.8 Å². The summed E-state index contributed by atoms with van der Waals surface area (Å²) in [7, 11) is 3.24. The number of nitrogens with zero attached hydrogens (tertiary/aromatic N) is 1. The monoisotopic (exact) mass is 430 g/mol. The SMILES string of the molecule is CC[C@@H](NC(=O)C1CCN(Cc2cccc(Cl)c2)CC1)c1ccc(OC)c(OC)c1. The molecule has 1 aliphatic heterocycles. The molecule has 1 N–H and O–H groups in total. The third kappa shape index (κ3) is 5.67. The molecule has 2 aromatic rings. The van der Waals surface area contributed by atoms with Crippen LogP contribution in [-0.4, -0.2) is 38.1 Å². The van der Waals surface area contributed by atoms with Crippen LogP contribution in [0.1, 0.15) is 43.4 Å². The van der Waals surface area contributed by atoms with E-state index in [1.807, 2.05) is 36.4 Å². The highest BCUT2D eigenvalue weighted by atomic mass is 35.5. The van der Waals surface area contributed by atoms with Gasteiger partial charge in [-0.3, -0.25) is 9.69 Å². The van der Waals surface area contributed by atoms with Crippen LogP contribution in [0.25, 0.3) is 0 Å². The van der Waals surface area contributed by atoms with Gasteiger partial charge in [0.2, 0.25) is 5.91 Å². The second-order valence-corrected chi connectivity index (χ2v) is 8.20. The van der Waals surface area contributed by atoms with E-state index >= 15 is 0 Å². The number of halogens is 1. The summed E-state index contributed by atoms with van der Waals surface area (Å²) in [5.41, 5.74) is 2.24. The quantitative estimate of drug-likeness (QED) is 0.651. The first kappa shape index (κ1) is 22.4. The van der Waals surface area contributed by atoms with Crippen molar-refractivity contribution in [2.45, 2.75) is 38.8 Å². The average molecular weight is 431 g/mol. The van der Waals surface area contributed by atoms with Gasteiger partial charge in [0.25, 0.3) is 0 Å². The van der Waals surface area contributed by atoms with Crippen molar-refractivity contribution in [3.05, 3.63) is 58.6 Å². The highest BCUT2D eigenvalue weighted by Crippen LogP contribution is 2.31. The molecule has 2 aromatic carbocycles. The maximum atomic E-state index is 12.9. The summed E-state index contributed by atoms with van der Waals surface area (Å²) in [6.07, 6.45) is 2.55. The lowest BCUT2D eigenvalue weighted by Gasteiger charge is -2.32. The summed E-state index contributed by atoms with van der Waals surface area (Å²) in [6, 6.07) is 13.8. The molecule has 5 nitrogen and oxygen atoms in total. The largest absolute Gasteiger partial charge is 0.493 e. The van der Waals surface area contributed by atoms with Gasteiger partial charge in [-0.2, -0.15) is 0 Å². The molecule has 30 heavy (non-hydrogen) atoms. The zero-order valence-corrected chi connectivity index (χ0v) is 18.7. The number of likely N-dealkylation sites (tertiary alicyclic amines) is 1. The Labute approximate surface area is 184 Å². The molecule has 162 valence electrons. The van der Waals surface area contributed by atoms with Gasteiger partial charge in [-0.25, -0.2) is 0 Å². The van der Waals surface area contributed by atoms with Gasteiger partial charge in [0.05, 0.1) is 20.3 Å². The summed E-state index contributed by atoms with van der Waals surface area (Å²) in [6.45, 7) is 4.78. The van der Waals surface area contributed by atoms with Gasteiger partial charge in [-0.15, -0.1) is 0 Å². The molecule has 1 heterocycles. The number of methoxy groups -OCH3 is 2. The smallest absolute Gasteiger partial charge is 0.223 e. The number of ether oxygens (including phenoxy) is 2. The molecule has 0 aliphatic carbocycles. The van der Waals surface area contributed by atoms with Crippen LogP contribution in [0.2, 0.25) is 5.02 Å². The van der Waals surface area contributed by atoms with E-state index in [4.69, 9.17) is 21.1 Å². The minimum Gasteiger partial charge on any atom is -0.493 e. The molecule has 1 saturated heterocycles. The van der Waals surface area contributed by atoms with Crippen LogP contribution in [0.15, 0.2) is 42.5 Å². The average Bonchev–Trinajstić information content (AvgIpc) is 2.77. The summed E-state index contributed by atoms with van der Waals surface area (Å²) in [4.78, 5) is 15.3. The number of rotatable bonds is 8. The molecule has 0 saturated carbocycles. The van der Waals surface area contributed by atoms with Gasteiger partial charge < -0.3 is 14.8 Å². The van der Waals surface area contributed by atoms with Crippen molar-refractivity contribution in [1.29, 1.82) is 0 Å². The molecule has 6 heteroatoms. The van der Waals surface area contributed by atoms with E-state index in [1.165, 1.54) is 5.56 Å². The van der Waals surface area contributed by atoms with Crippen molar-refractivity contribution in [3.63, 3.8) is 0 Å². The Hall–Kier alpha value is -2.24. The Morgan fingerprint density at radius 3 is 2.50 bits per heavy atom. The van der Waals surface area contributed by atoms with Crippen LogP contribution in [0, 0.1) is 5.92 Å². The van der Waals surface area contributed by atoms with Crippen LogP contribution in [0.3, 0.4) is 0 Å². The van der Waals surface area contributed by atoms with E-state index in [9.17, 15) is 4.79 Å². The number of piperidine rings is 1. The summed E-state index contributed by atoms with van der Waals surface area (Å²) in [5.74, 6) is 1.56. The first-order valence-electron chi connectivity index (χ1n) is 10.5. The number of carbonyl (C=O) groups is 1. The molecule has 1 fully saturated rings. The minimum absolute atomic E-state index is 0.0400. The van der Waals surface area contributed by atoms with Gasteiger partial charge in [0.15, 0.2) is 11.5 Å². The Balaban J connectivity index is 1.55. The van der Waals surface area contributed by atoms with Crippen LogP contribution in [0.4, 0.5) is 0 Å². The van der Waals surface area contributed by atoms with Crippen LogP contribution in [-0.2, 0) is 11.3 Å². The fraction of sp³-hybridized carbons (Fsp3) is 0.458. The fourth-order valence-electron chi connectivity index (χ4n) is 4.03. The molecule has 0 radical (unpaired) electrons. The van der Waals surface area contributed by atoms with Gasteiger partial charge in [-0.05, 0) is 67.7 Å². The number of amides is 1. The summed E-state index contributed by atoms with van der Waals surface area (Å²) in [5, 5.41) is 4.01. The maximum absolute atomic E-state index is 12.9. The standard InChI is InChI=1S/C24H31ClN2O3/c1-4-21(19-8-9-22(29-2)23(15-19)30-3)26-24(28)18-10-12-27(13-11-18)16-17-6-5-7-20(25)14-17/h5-9,14-15,18,21H,4,10-13,16H2,1-3H3,(H,26,28)/t21-/m1/s1. The fourth-order valence-corrected chi connectivity index (χ4v) is 4.24. The van der Waals surface area contributed by atoms with Crippen molar-refractivity contribution in [3.8, 4) is 11.5 Å². The Morgan fingerprint density at radius 1 is 1.13 bits per heavy atom. The highest BCUT2D eigenvalue weighted by molar-refractivity contribution is 6.30. The second kappa shape index (κ2) is 10.7. The molecule has 1 atom stereocenters. The molecular formula is C24H31ClN2O3. The third-order valence-corrected chi connectivity index (χ3v) is 6.02. The lowest BCUT2D eigenvalue weighted by molar-refractivity contribution is -0.127. The van der Waals surface area contributed by atoms with Crippen LogP contribution in [0.5, 0.6) is 11.5 Å². The number of nitrogens with one attached hydrogen (secondary N) is 1. The lowest BCUT2D eigenvalue weighted by Crippen LogP contribution is -2.41. The predicted octanol–water partition coefficient (Wildman–Crippen LogP) is 4.84. The zero-order valence-electron chi connectivity index (χ0n) is 18.0. The number of hydrogen-bond donors (Lipinski definition) is 1. The molecule has 1 amide bonds. The van der Waals surface area contributed by atoms with Gasteiger partial charge in [-0.1, -0.05) is 36.7 Å². The van der Waals surface area contributed by atoms with Crippen LogP contribution < -0.4 is 14.8 Å². The molecule has 1 aliphatic rings. The Kier molecular flexibility index (Phi) is 8.00. The van der Waals surface area contributed by atoms with Gasteiger partial charge in [0.1, 0.15) is 0 Å². The first-order chi connectivity index (χ1) is 14.5. The predicted molar refractivity (Wildman–Crippen MR) is 120 cm³/mol. The zero-order chi connectivity index (χ0) is 21.5.